The molecule has 1 amide bonds. The summed E-state index contributed by atoms with van der Waals surface area (Å²) in [5.41, 5.74) is 6.64. The summed E-state index contributed by atoms with van der Waals surface area (Å²) in [7, 11) is 0. The molecule has 108 valence electrons. The molecule has 3 N–H and O–H groups in total. The molecule has 0 bridgehead atoms. The fourth-order valence-electron chi connectivity index (χ4n) is 1.84. The van der Waals surface area contributed by atoms with Gasteiger partial charge in [0.25, 0.3) is 0 Å². The SMILES string of the molecule is CCC(CNC(=O)CCN)Cc1cccc(Br)c1.Cl. The van der Waals surface area contributed by atoms with Crippen LogP contribution in [0.4, 0.5) is 0 Å². The molecule has 1 rings (SSSR count). The van der Waals surface area contributed by atoms with Crippen molar-refractivity contribution in [3.05, 3.63) is 34.3 Å². The molecule has 0 aromatic heterocycles. The van der Waals surface area contributed by atoms with E-state index in [-0.39, 0.29) is 18.3 Å². The van der Waals surface area contributed by atoms with E-state index in [0.717, 1.165) is 23.9 Å². The molecule has 1 aromatic rings. The highest BCUT2D eigenvalue weighted by Gasteiger charge is 2.09. The molecule has 1 aromatic carbocycles. The molecule has 5 heteroatoms. The third-order valence-electron chi connectivity index (χ3n) is 2.95. The van der Waals surface area contributed by atoms with Crippen molar-refractivity contribution < 1.29 is 4.79 Å². The Kier molecular flexibility index (Phi) is 9.92. The second-order valence-corrected chi connectivity index (χ2v) is 5.37. The molecule has 0 aliphatic heterocycles. The summed E-state index contributed by atoms with van der Waals surface area (Å²) < 4.78 is 1.10. The van der Waals surface area contributed by atoms with Crippen LogP contribution >= 0.6 is 28.3 Å². The Morgan fingerprint density at radius 1 is 1.47 bits per heavy atom. The quantitative estimate of drug-likeness (QED) is 0.795. The topological polar surface area (TPSA) is 55.1 Å². The van der Waals surface area contributed by atoms with E-state index in [1.165, 1.54) is 5.56 Å². The zero-order valence-electron chi connectivity index (χ0n) is 11.2. The van der Waals surface area contributed by atoms with Gasteiger partial charge in [0.2, 0.25) is 5.91 Å². The van der Waals surface area contributed by atoms with Gasteiger partial charge in [-0.2, -0.15) is 0 Å². The minimum Gasteiger partial charge on any atom is -0.356 e. The van der Waals surface area contributed by atoms with Gasteiger partial charge in [0.15, 0.2) is 0 Å². The summed E-state index contributed by atoms with van der Waals surface area (Å²) in [5, 5.41) is 2.94. The summed E-state index contributed by atoms with van der Waals surface area (Å²) in [4.78, 5) is 11.4. The van der Waals surface area contributed by atoms with E-state index in [9.17, 15) is 4.79 Å². The first-order chi connectivity index (χ1) is 8.65. The van der Waals surface area contributed by atoms with E-state index >= 15 is 0 Å². The van der Waals surface area contributed by atoms with E-state index in [1.807, 2.05) is 12.1 Å². The van der Waals surface area contributed by atoms with Crippen molar-refractivity contribution >= 4 is 34.2 Å². The summed E-state index contributed by atoms with van der Waals surface area (Å²) in [6.07, 6.45) is 2.45. The molecule has 3 nitrogen and oxygen atoms in total. The van der Waals surface area contributed by atoms with Crippen LogP contribution in [0.5, 0.6) is 0 Å². The van der Waals surface area contributed by atoms with Gasteiger partial charge < -0.3 is 11.1 Å². The lowest BCUT2D eigenvalue weighted by Gasteiger charge is -2.16. The van der Waals surface area contributed by atoms with Gasteiger partial charge in [-0.15, -0.1) is 12.4 Å². The lowest BCUT2D eigenvalue weighted by atomic mass is 9.97. The minimum absolute atomic E-state index is 0. The predicted molar refractivity (Wildman–Crippen MR) is 85.6 cm³/mol. The average molecular weight is 350 g/mol. The van der Waals surface area contributed by atoms with Crippen molar-refractivity contribution in [3.8, 4) is 0 Å². The Morgan fingerprint density at radius 3 is 2.79 bits per heavy atom. The van der Waals surface area contributed by atoms with Crippen molar-refractivity contribution in [1.29, 1.82) is 0 Å². The second kappa shape index (κ2) is 10.2. The fourth-order valence-corrected chi connectivity index (χ4v) is 2.28. The van der Waals surface area contributed by atoms with Crippen molar-refractivity contribution in [2.45, 2.75) is 26.2 Å². The number of nitrogens with one attached hydrogen (secondary N) is 1. The third kappa shape index (κ3) is 7.55. The molecule has 0 fully saturated rings. The van der Waals surface area contributed by atoms with Crippen LogP contribution in [0, 0.1) is 5.92 Å². The third-order valence-corrected chi connectivity index (χ3v) is 3.44. The van der Waals surface area contributed by atoms with E-state index < -0.39 is 0 Å². The maximum atomic E-state index is 11.4. The molecule has 0 heterocycles. The molecule has 0 aliphatic carbocycles. The van der Waals surface area contributed by atoms with Gasteiger partial charge in [-0.25, -0.2) is 0 Å². The molecular weight excluding hydrogens is 328 g/mol. The summed E-state index contributed by atoms with van der Waals surface area (Å²) in [6.45, 7) is 3.29. The minimum atomic E-state index is 0. The molecule has 0 saturated carbocycles. The number of halogens is 2. The molecule has 0 saturated heterocycles. The van der Waals surface area contributed by atoms with Crippen molar-refractivity contribution in [3.63, 3.8) is 0 Å². The Bertz CT molecular complexity index is 387. The highest BCUT2D eigenvalue weighted by atomic mass is 79.9. The zero-order chi connectivity index (χ0) is 13.4. The highest BCUT2D eigenvalue weighted by Crippen LogP contribution is 2.16. The van der Waals surface area contributed by atoms with E-state index in [1.54, 1.807) is 0 Å². The Hall–Kier alpha value is -0.580. The first-order valence-corrected chi connectivity index (χ1v) is 7.16. The van der Waals surface area contributed by atoms with Gasteiger partial charge >= 0.3 is 0 Å². The molecule has 0 aliphatic rings. The smallest absolute Gasteiger partial charge is 0.221 e. The molecule has 0 radical (unpaired) electrons. The monoisotopic (exact) mass is 348 g/mol. The van der Waals surface area contributed by atoms with Crippen LogP contribution in [-0.2, 0) is 11.2 Å². The van der Waals surface area contributed by atoms with Crippen molar-refractivity contribution in [2.24, 2.45) is 11.7 Å². The van der Waals surface area contributed by atoms with Crippen molar-refractivity contribution in [1.82, 2.24) is 5.32 Å². The van der Waals surface area contributed by atoms with Crippen LogP contribution in [0.2, 0.25) is 0 Å². The summed E-state index contributed by atoms with van der Waals surface area (Å²) in [5.74, 6) is 0.520. The van der Waals surface area contributed by atoms with E-state index in [2.05, 4.69) is 40.3 Å². The van der Waals surface area contributed by atoms with Gasteiger partial charge in [-0.05, 0) is 30.0 Å². The van der Waals surface area contributed by atoms with Crippen LogP contribution in [0.25, 0.3) is 0 Å². The number of carbonyl (C=O) groups is 1. The maximum absolute atomic E-state index is 11.4. The van der Waals surface area contributed by atoms with Gasteiger partial charge in [0.05, 0.1) is 0 Å². The Balaban J connectivity index is 0.00000324. The van der Waals surface area contributed by atoms with Crippen LogP contribution in [0.15, 0.2) is 28.7 Å². The van der Waals surface area contributed by atoms with E-state index in [4.69, 9.17) is 5.73 Å². The number of hydrogen-bond acceptors (Lipinski definition) is 2. The van der Waals surface area contributed by atoms with Crippen molar-refractivity contribution in [2.75, 3.05) is 13.1 Å². The number of nitrogens with two attached hydrogens (primary N) is 1. The number of carbonyl (C=O) groups excluding carboxylic acids is 1. The lowest BCUT2D eigenvalue weighted by Crippen LogP contribution is -2.31. The first kappa shape index (κ1) is 18.4. The number of amides is 1. The normalized spacial score (nSPS) is 11.5. The zero-order valence-corrected chi connectivity index (χ0v) is 13.6. The number of rotatable bonds is 7. The van der Waals surface area contributed by atoms with E-state index in [0.29, 0.717) is 18.9 Å². The standard InChI is InChI=1S/C14H21BrN2O.ClH/c1-2-11(10-17-14(18)6-7-16)8-12-4-3-5-13(15)9-12;/h3-5,9,11H,2,6-8,10,16H2,1H3,(H,17,18);1H. The summed E-state index contributed by atoms with van der Waals surface area (Å²) in [6, 6.07) is 8.31. The number of hydrogen-bond donors (Lipinski definition) is 2. The molecule has 1 atom stereocenters. The van der Waals surface area contributed by atoms with Crippen LogP contribution < -0.4 is 11.1 Å². The van der Waals surface area contributed by atoms with Gasteiger partial charge in [0, 0.05) is 24.0 Å². The number of benzene rings is 1. The van der Waals surface area contributed by atoms with Crippen LogP contribution in [-0.4, -0.2) is 19.0 Å². The average Bonchev–Trinajstić information content (AvgIpc) is 2.35. The molecular formula is C14H22BrClN2O. The lowest BCUT2D eigenvalue weighted by molar-refractivity contribution is -0.121. The van der Waals surface area contributed by atoms with Crippen LogP contribution in [0.3, 0.4) is 0 Å². The van der Waals surface area contributed by atoms with Gasteiger partial charge in [0.1, 0.15) is 0 Å². The second-order valence-electron chi connectivity index (χ2n) is 4.45. The van der Waals surface area contributed by atoms with Gasteiger partial charge in [-0.1, -0.05) is 41.4 Å². The molecule has 0 spiro atoms. The fraction of sp³-hybridized carbons (Fsp3) is 0.500. The predicted octanol–water partition coefficient (Wildman–Crippen LogP) is 2.90. The Morgan fingerprint density at radius 2 is 2.21 bits per heavy atom. The van der Waals surface area contributed by atoms with Gasteiger partial charge in [-0.3, -0.25) is 4.79 Å². The molecule has 1 unspecified atom stereocenters. The first-order valence-electron chi connectivity index (χ1n) is 6.37. The largest absolute Gasteiger partial charge is 0.356 e. The summed E-state index contributed by atoms with van der Waals surface area (Å²) >= 11 is 3.47. The van der Waals surface area contributed by atoms with Crippen LogP contribution in [0.1, 0.15) is 25.3 Å². The molecule has 19 heavy (non-hydrogen) atoms. The maximum Gasteiger partial charge on any atom is 0.221 e. The highest BCUT2D eigenvalue weighted by molar-refractivity contribution is 9.10. The Labute approximate surface area is 129 Å².